The van der Waals surface area contributed by atoms with Gasteiger partial charge in [-0.3, -0.25) is 0 Å². The molecule has 2 heterocycles. The Labute approximate surface area is 163 Å². The van der Waals surface area contributed by atoms with Crippen LogP contribution in [0.2, 0.25) is 0 Å². The van der Waals surface area contributed by atoms with Gasteiger partial charge in [-0.2, -0.15) is 4.57 Å². The molecule has 0 unspecified atom stereocenters. The fourth-order valence-electron chi connectivity index (χ4n) is 2.98. The number of benzene rings is 1. The van der Waals surface area contributed by atoms with E-state index >= 15 is 0 Å². The molecule has 0 spiro atoms. The SMILES string of the molecule is C=CC(=O)OCCOc1ccc2oc(C=C3SCCN3CC)[n+](CC)c2c1. The van der Waals surface area contributed by atoms with E-state index in [-0.39, 0.29) is 13.2 Å². The Morgan fingerprint density at radius 2 is 2.26 bits per heavy atom. The smallest absolute Gasteiger partial charge is 0.376 e. The lowest BCUT2D eigenvalue weighted by Gasteiger charge is -2.14. The third-order valence-electron chi connectivity index (χ3n) is 4.33. The van der Waals surface area contributed by atoms with Gasteiger partial charge in [0.15, 0.2) is 0 Å². The van der Waals surface area contributed by atoms with Gasteiger partial charge >= 0.3 is 11.9 Å². The third kappa shape index (κ3) is 4.47. The van der Waals surface area contributed by atoms with Crippen molar-refractivity contribution in [3.63, 3.8) is 0 Å². The van der Waals surface area contributed by atoms with Crippen LogP contribution < -0.4 is 9.30 Å². The van der Waals surface area contributed by atoms with Crippen LogP contribution in [0.1, 0.15) is 19.7 Å². The highest BCUT2D eigenvalue weighted by Crippen LogP contribution is 2.30. The molecule has 144 valence electrons. The number of fused-ring (bicyclic) bond motifs is 1. The molecule has 0 radical (unpaired) electrons. The topological polar surface area (TPSA) is 55.8 Å². The highest BCUT2D eigenvalue weighted by Gasteiger charge is 2.24. The molecular formula is C20H25N2O4S+. The molecule has 0 atom stereocenters. The molecule has 2 aromatic rings. The van der Waals surface area contributed by atoms with Gasteiger partial charge in [0.2, 0.25) is 5.58 Å². The second-order valence-electron chi connectivity index (χ2n) is 5.94. The average molecular weight is 389 g/mol. The zero-order chi connectivity index (χ0) is 19.2. The van der Waals surface area contributed by atoms with Crippen molar-refractivity contribution in [3.8, 4) is 5.75 Å². The van der Waals surface area contributed by atoms with E-state index in [0.717, 1.165) is 48.5 Å². The van der Waals surface area contributed by atoms with Gasteiger partial charge in [-0.05, 0) is 26.0 Å². The van der Waals surface area contributed by atoms with Crippen LogP contribution in [0.3, 0.4) is 0 Å². The summed E-state index contributed by atoms with van der Waals surface area (Å²) >= 11 is 1.86. The van der Waals surface area contributed by atoms with Crippen molar-refractivity contribution in [1.29, 1.82) is 0 Å². The summed E-state index contributed by atoms with van der Waals surface area (Å²) in [6.45, 7) is 11.0. The normalized spacial score (nSPS) is 15.5. The van der Waals surface area contributed by atoms with E-state index in [1.54, 1.807) is 0 Å². The van der Waals surface area contributed by atoms with Crippen LogP contribution in [-0.2, 0) is 16.1 Å². The minimum absolute atomic E-state index is 0.184. The largest absolute Gasteiger partial charge is 0.490 e. The van der Waals surface area contributed by atoms with Crippen LogP contribution >= 0.6 is 11.8 Å². The van der Waals surface area contributed by atoms with E-state index in [9.17, 15) is 4.79 Å². The molecule has 1 aliphatic heterocycles. The van der Waals surface area contributed by atoms with E-state index in [0.29, 0.717) is 5.75 Å². The van der Waals surface area contributed by atoms with Crippen LogP contribution in [0, 0.1) is 0 Å². The van der Waals surface area contributed by atoms with Crippen molar-refractivity contribution in [1.82, 2.24) is 4.90 Å². The highest BCUT2D eigenvalue weighted by atomic mass is 32.2. The van der Waals surface area contributed by atoms with E-state index in [1.165, 1.54) is 5.03 Å². The van der Waals surface area contributed by atoms with Gasteiger partial charge in [-0.1, -0.05) is 6.58 Å². The number of thioether (sulfide) groups is 1. The molecule has 1 aromatic heterocycles. The second-order valence-corrected chi connectivity index (χ2v) is 7.06. The number of aromatic nitrogens is 1. The molecule has 1 aliphatic rings. The van der Waals surface area contributed by atoms with E-state index in [4.69, 9.17) is 13.9 Å². The summed E-state index contributed by atoms with van der Waals surface area (Å²) in [7, 11) is 0. The second kappa shape index (κ2) is 8.99. The summed E-state index contributed by atoms with van der Waals surface area (Å²) < 4.78 is 18.8. The van der Waals surface area contributed by atoms with Crippen LogP contribution in [0.25, 0.3) is 17.2 Å². The maximum Gasteiger partial charge on any atom is 0.376 e. The van der Waals surface area contributed by atoms with Gasteiger partial charge in [-0.25, -0.2) is 4.79 Å². The highest BCUT2D eigenvalue weighted by molar-refractivity contribution is 8.03. The predicted octanol–water partition coefficient (Wildman–Crippen LogP) is 3.22. The van der Waals surface area contributed by atoms with Crippen molar-refractivity contribution in [2.75, 3.05) is 32.1 Å². The summed E-state index contributed by atoms with van der Waals surface area (Å²) in [5.74, 6) is 2.22. The van der Waals surface area contributed by atoms with Crippen molar-refractivity contribution in [2.45, 2.75) is 20.4 Å². The minimum atomic E-state index is -0.448. The summed E-state index contributed by atoms with van der Waals surface area (Å²) in [6, 6.07) is 5.73. The first-order valence-corrected chi connectivity index (χ1v) is 10.1. The molecule has 6 nitrogen and oxygen atoms in total. The number of aryl methyl sites for hydroxylation is 1. The van der Waals surface area contributed by atoms with Crippen molar-refractivity contribution in [3.05, 3.63) is 41.8 Å². The number of carbonyl (C=O) groups is 1. The summed E-state index contributed by atoms with van der Waals surface area (Å²) in [5.41, 5.74) is 1.80. The Morgan fingerprint density at radius 3 is 3.00 bits per heavy atom. The molecule has 1 aromatic carbocycles. The van der Waals surface area contributed by atoms with Gasteiger partial charge < -0.3 is 18.8 Å². The minimum Gasteiger partial charge on any atom is -0.490 e. The molecule has 0 amide bonds. The van der Waals surface area contributed by atoms with Crippen LogP contribution in [0.4, 0.5) is 0 Å². The first-order chi connectivity index (χ1) is 13.2. The Balaban J connectivity index is 1.79. The average Bonchev–Trinajstić information content (AvgIpc) is 3.28. The number of oxazole rings is 1. The van der Waals surface area contributed by atoms with Crippen molar-refractivity contribution in [2.24, 2.45) is 0 Å². The molecular weight excluding hydrogens is 364 g/mol. The number of nitrogens with zero attached hydrogens (tertiary/aromatic N) is 2. The standard InChI is InChI=1S/C20H25N2O4S/c1-4-20(23)25-11-10-24-15-7-8-17-16(13-15)22(6-3)18(26-17)14-19-21(5-2)9-12-27-19/h4,7-8,13-14H,1,5-6,9-12H2,2-3H3/q+1. The molecule has 0 bridgehead atoms. The first-order valence-electron chi connectivity index (χ1n) is 9.14. The van der Waals surface area contributed by atoms with Gasteiger partial charge in [-0.15, -0.1) is 11.8 Å². The Morgan fingerprint density at radius 1 is 1.41 bits per heavy atom. The molecule has 0 N–H and O–H groups in total. The lowest BCUT2D eigenvalue weighted by molar-refractivity contribution is -0.674. The van der Waals surface area contributed by atoms with Crippen LogP contribution in [0.5, 0.6) is 5.75 Å². The van der Waals surface area contributed by atoms with E-state index < -0.39 is 5.97 Å². The Kier molecular flexibility index (Phi) is 6.45. The maximum absolute atomic E-state index is 11.0. The third-order valence-corrected chi connectivity index (χ3v) is 5.39. The van der Waals surface area contributed by atoms with Gasteiger partial charge in [0.25, 0.3) is 5.52 Å². The van der Waals surface area contributed by atoms with E-state index in [2.05, 4.69) is 36.0 Å². The molecule has 27 heavy (non-hydrogen) atoms. The number of ether oxygens (including phenoxy) is 2. The van der Waals surface area contributed by atoms with E-state index in [1.807, 2.05) is 30.0 Å². The van der Waals surface area contributed by atoms with Crippen LogP contribution in [-0.4, -0.2) is 42.9 Å². The first kappa shape index (κ1) is 19.4. The molecule has 1 fully saturated rings. The lowest BCUT2D eigenvalue weighted by atomic mass is 10.3. The summed E-state index contributed by atoms with van der Waals surface area (Å²) in [5, 5.41) is 1.25. The Hall–Kier alpha value is -2.41. The van der Waals surface area contributed by atoms with Gasteiger partial charge in [0.05, 0.1) is 17.2 Å². The zero-order valence-electron chi connectivity index (χ0n) is 15.8. The molecule has 0 saturated carbocycles. The van der Waals surface area contributed by atoms with Crippen LogP contribution in [0.15, 0.2) is 40.3 Å². The van der Waals surface area contributed by atoms with Crippen molar-refractivity contribution >= 4 is 34.9 Å². The number of rotatable bonds is 8. The molecule has 0 aliphatic carbocycles. The number of esters is 1. The monoisotopic (exact) mass is 389 g/mol. The van der Waals surface area contributed by atoms with Gasteiger partial charge in [0, 0.05) is 24.9 Å². The summed E-state index contributed by atoms with van der Waals surface area (Å²) in [4.78, 5) is 13.4. The van der Waals surface area contributed by atoms with Gasteiger partial charge in [0.1, 0.15) is 25.5 Å². The Bertz CT molecular complexity index is 859. The number of hydrogen-bond acceptors (Lipinski definition) is 6. The number of hydrogen-bond donors (Lipinski definition) is 0. The predicted molar refractivity (Wildman–Crippen MR) is 106 cm³/mol. The maximum atomic E-state index is 11.0. The quantitative estimate of drug-likeness (QED) is 0.299. The zero-order valence-corrected chi connectivity index (χ0v) is 16.6. The lowest BCUT2D eigenvalue weighted by Crippen LogP contribution is -2.34. The summed E-state index contributed by atoms with van der Waals surface area (Å²) in [6.07, 6.45) is 3.26. The molecule has 1 saturated heterocycles. The fraction of sp³-hybridized carbons (Fsp3) is 0.400. The molecule has 3 rings (SSSR count). The fourth-order valence-corrected chi connectivity index (χ4v) is 4.09. The van der Waals surface area contributed by atoms with Crippen molar-refractivity contribution < 1.29 is 23.3 Å². The number of carbonyl (C=O) groups excluding carboxylic acids is 1. The molecule has 7 heteroatoms.